The van der Waals surface area contributed by atoms with E-state index in [0.29, 0.717) is 0 Å². The number of benzene rings is 9. The fourth-order valence-electron chi connectivity index (χ4n) is 8.65. The van der Waals surface area contributed by atoms with Gasteiger partial charge in [-0.25, -0.2) is 0 Å². The van der Waals surface area contributed by atoms with Crippen molar-refractivity contribution in [3.05, 3.63) is 158 Å². The smallest absolute Gasteiger partial charge is 0.147 e. The Morgan fingerprint density at radius 3 is 1.45 bits per heavy atom. The average Bonchev–Trinajstić information content (AvgIpc) is 3.87. The molecule has 0 spiro atoms. The van der Waals surface area contributed by atoms with Gasteiger partial charge in [0.1, 0.15) is 33.5 Å². The first kappa shape index (κ1) is 27.0. The van der Waals surface area contributed by atoms with Crippen LogP contribution >= 0.6 is 0 Å². The summed E-state index contributed by atoms with van der Waals surface area (Å²) in [7, 11) is 0. The predicted octanol–water partition coefficient (Wildman–Crippen LogP) is 14.2. The first-order chi connectivity index (χ1) is 25.3. The number of furan rings is 3. The van der Waals surface area contributed by atoms with Crippen molar-refractivity contribution in [2.75, 3.05) is 0 Å². The summed E-state index contributed by atoms with van der Waals surface area (Å²) in [5.41, 5.74) is 10.0. The van der Waals surface area contributed by atoms with Crippen molar-refractivity contribution in [1.29, 1.82) is 0 Å². The molecule has 51 heavy (non-hydrogen) atoms. The van der Waals surface area contributed by atoms with E-state index in [4.69, 9.17) is 13.3 Å². The maximum atomic E-state index is 6.59. The number of hydrogen-bond acceptors (Lipinski definition) is 3. The van der Waals surface area contributed by atoms with Gasteiger partial charge in [-0.05, 0) is 103 Å². The number of fused-ring (bicyclic) bond motifs is 14. The summed E-state index contributed by atoms with van der Waals surface area (Å²) in [5.74, 6) is 0. The molecule has 0 aliphatic rings. The zero-order valence-electron chi connectivity index (χ0n) is 27.2. The van der Waals surface area contributed by atoms with Crippen molar-refractivity contribution < 1.29 is 13.3 Å². The van der Waals surface area contributed by atoms with Gasteiger partial charge in [0.15, 0.2) is 0 Å². The molecule has 3 heterocycles. The third-order valence-electron chi connectivity index (χ3n) is 10.8. The molecule has 0 radical (unpaired) electrons. The zero-order valence-corrected chi connectivity index (χ0v) is 27.2. The number of para-hydroxylation sites is 1. The minimum absolute atomic E-state index is 0.838. The fraction of sp³-hybridized carbons (Fsp3) is 0. The molecule has 0 fully saturated rings. The third-order valence-corrected chi connectivity index (χ3v) is 10.8. The van der Waals surface area contributed by atoms with Gasteiger partial charge in [-0.2, -0.15) is 0 Å². The fourth-order valence-corrected chi connectivity index (χ4v) is 8.65. The summed E-state index contributed by atoms with van der Waals surface area (Å²) in [6.45, 7) is 0. The van der Waals surface area contributed by atoms with Gasteiger partial charge in [0, 0.05) is 26.9 Å². The second-order valence-electron chi connectivity index (χ2n) is 13.5. The Morgan fingerprint density at radius 2 is 0.765 bits per heavy atom. The molecule has 0 N–H and O–H groups in total. The molecular weight excluding hydrogens is 625 g/mol. The van der Waals surface area contributed by atoms with Crippen molar-refractivity contribution >= 4 is 98.1 Å². The Bertz CT molecular complexity index is 3370. The molecule has 0 unspecified atom stereocenters. The molecule has 3 nitrogen and oxygen atoms in total. The van der Waals surface area contributed by atoms with E-state index in [0.717, 1.165) is 71.4 Å². The van der Waals surface area contributed by atoms with Gasteiger partial charge in [0.25, 0.3) is 0 Å². The molecule has 0 saturated carbocycles. The van der Waals surface area contributed by atoms with E-state index in [1.165, 1.54) is 49.0 Å². The standard InChI is InChI=1S/C48H26O3/c1-2-10-30-27(9-1)17-23-42-46(30)38-26-29(19-22-41(38)50-42)45-33-13-5-3-11-31(33)44(32-12-4-6-14-34(32)45)28-18-21-40-37(25-28)35-20-24-43-47(48(35)51-40)36-15-7-8-16-39(36)49-43/h1-26H. The monoisotopic (exact) mass is 650 g/mol. The van der Waals surface area contributed by atoms with E-state index < -0.39 is 0 Å². The summed E-state index contributed by atoms with van der Waals surface area (Å²) in [6.07, 6.45) is 0. The molecular formula is C48H26O3. The van der Waals surface area contributed by atoms with Crippen LogP contribution in [0.25, 0.3) is 120 Å². The van der Waals surface area contributed by atoms with Crippen LogP contribution in [0.3, 0.4) is 0 Å². The zero-order chi connectivity index (χ0) is 33.2. The summed E-state index contributed by atoms with van der Waals surface area (Å²) in [5, 5.41) is 13.8. The summed E-state index contributed by atoms with van der Waals surface area (Å²) in [6, 6.07) is 56.1. The highest BCUT2D eigenvalue weighted by Gasteiger charge is 2.21. The van der Waals surface area contributed by atoms with Crippen molar-refractivity contribution in [3.8, 4) is 22.3 Å². The summed E-state index contributed by atoms with van der Waals surface area (Å²) < 4.78 is 19.2. The molecule has 0 amide bonds. The van der Waals surface area contributed by atoms with Gasteiger partial charge >= 0.3 is 0 Å². The first-order valence-electron chi connectivity index (χ1n) is 17.3. The van der Waals surface area contributed by atoms with E-state index in [-0.39, 0.29) is 0 Å². The van der Waals surface area contributed by atoms with Crippen LogP contribution in [0.5, 0.6) is 0 Å². The van der Waals surface area contributed by atoms with Crippen LogP contribution in [0.15, 0.2) is 171 Å². The van der Waals surface area contributed by atoms with Crippen LogP contribution in [-0.2, 0) is 0 Å². The van der Waals surface area contributed by atoms with Crippen molar-refractivity contribution in [1.82, 2.24) is 0 Å². The van der Waals surface area contributed by atoms with Gasteiger partial charge in [-0.15, -0.1) is 0 Å². The molecule has 0 saturated heterocycles. The lowest BCUT2D eigenvalue weighted by Crippen LogP contribution is -1.90. The van der Waals surface area contributed by atoms with Crippen LogP contribution < -0.4 is 0 Å². The largest absolute Gasteiger partial charge is 0.456 e. The Morgan fingerprint density at radius 1 is 0.275 bits per heavy atom. The van der Waals surface area contributed by atoms with E-state index in [9.17, 15) is 0 Å². The predicted molar refractivity (Wildman–Crippen MR) is 212 cm³/mol. The van der Waals surface area contributed by atoms with Crippen LogP contribution in [0.2, 0.25) is 0 Å². The van der Waals surface area contributed by atoms with E-state index >= 15 is 0 Å². The topological polar surface area (TPSA) is 39.4 Å². The van der Waals surface area contributed by atoms with E-state index in [1.807, 2.05) is 18.2 Å². The quantitative estimate of drug-likeness (QED) is 0.175. The lowest BCUT2D eigenvalue weighted by molar-refractivity contribution is 0.663. The SMILES string of the molecule is c1ccc2c(c1)ccc1oc3ccc(-c4c5ccccc5c(-c5ccc6oc7c(ccc8oc9ccccc9c87)c6c5)c5ccccc45)cc3c12. The highest BCUT2D eigenvalue weighted by atomic mass is 16.3. The van der Waals surface area contributed by atoms with Gasteiger partial charge in [-0.3, -0.25) is 0 Å². The molecule has 0 aliphatic heterocycles. The Hall–Kier alpha value is -6.84. The lowest BCUT2D eigenvalue weighted by Gasteiger charge is -2.18. The van der Waals surface area contributed by atoms with Gasteiger partial charge in [0.2, 0.25) is 0 Å². The van der Waals surface area contributed by atoms with Crippen LogP contribution in [0.4, 0.5) is 0 Å². The molecule has 236 valence electrons. The number of rotatable bonds is 2. The second kappa shape index (κ2) is 9.87. The second-order valence-corrected chi connectivity index (χ2v) is 13.5. The molecule has 9 aromatic carbocycles. The Labute approximate surface area is 290 Å². The summed E-state index contributed by atoms with van der Waals surface area (Å²) in [4.78, 5) is 0. The Kier molecular flexibility index (Phi) is 5.23. The third kappa shape index (κ3) is 3.67. The van der Waals surface area contributed by atoms with Crippen molar-refractivity contribution in [2.24, 2.45) is 0 Å². The Balaban J connectivity index is 1.13. The minimum atomic E-state index is 0.838. The van der Waals surface area contributed by atoms with Gasteiger partial charge < -0.3 is 13.3 Å². The average molecular weight is 651 g/mol. The van der Waals surface area contributed by atoms with E-state index in [1.54, 1.807) is 0 Å². The summed E-state index contributed by atoms with van der Waals surface area (Å²) >= 11 is 0. The highest BCUT2D eigenvalue weighted by molar-refractivity contribution is 6.26. The maximum Gasteiger partial charge on any atom is 0.147 e. The van der Waals surface area contributed by atoms with Crippen molar-refractivity contribution in [2.45, 2.75) is 0 Å². The maximum absolute atomic E-state index is 6.59. The van der Waals surface area contributed by atoms with Gasteiger partial charge in [0.05, 0.1) is 5.39 Å². The van der Waals surface area contributed by atoms with Crippen LogP contribution in [0.1, 0.15) is 0 Å². The molecule has 12 aromatic rings. The molecule has 0 bridgehead atoms. The van der Waals surface area contributed by atoms with Crippen LogP contribution in [0, 0.1) is 0 Å². The minimum Gasteiger partial charge on any atom is -0.456 e. The van der Waals surface area contributed by atoms with E-state index in [2.05, 4.69) is 140 Å². The molecule has 0 aliphatic carbocycles. The molecule has 3 aromatic heterocycles. The molecule has 12 rings (SSSR count). The molecule has 3 heteroatoms. The normalized spacial score (nSPS) is 12.3. The highest BCUT2D eigenvalue weighted by Crippen LogP contribution is 2.47. The van der Waals surface area contributed by atoms with Crippen LogP contribution in [-0.4, -0.2) is 0 Å². The lowest BCUT2D eigenvalue weighted by atomic mass is 9.85. The first-order valence-corrected chi connectivity index (χ1v) is 17.3. The van der Waals surface area contributed by atoms with Gasteiger partial charge in [-0.1, -0.05) is 109 Å². The number of hydrogen-bond donors (Lipinski definition) is 0. The molecule has 0 atom stereocenters. The van der Waals surface area contributed by atoms with Crippen molar-refractivity contribution in [3.63, 3.8) is 0 Å².